The molecule has 0 radical (unpaired) electrons. The van der Waals surface area contributed by atoms with Gasteiger partial charge in [-0.1, -0.05) is 38.5 Å². The monoisotopic (exact) mass is 372 g/mol. The average Bonchev–Trinajstić information content (AvgIpc) is 2.66. The highest BCUT2D eigenvalue weighted by Gasteiger charge is 2.37. The highest BCUT2D eigenvalue weighted by Crippen LogP contribution is 2.45. The number of para-hydroxylation sites is 1. The molecule has 0 unspecified atom stereocenters. The fourth-order valence-corrected chi connectivity index (χ4v) is 4.44. The Balaban J connectivity index is 1.55. The zero-order chi connectivity index (χ0) is 19.1. The first kappa shape index (κ1) is 20.0. The summed E-state index contributed by atoms with van der Waals surface area (Å²) in [5.41, 5.74) is 3.08. The van der Waals surface area contributed by atoms with E-state index in [1.165, 1.54) is 36.9 Å². The molecule has 1 saturated heterocycles. The maximum Gasteiger partial charge on any atom is 0.191 e. The number of nitrogens with zero attached hydrogens (tertiary/aromatic N) is 2. The topological polar surface area (TPSA) is 48.9 Å². The molecule has 0 atom stereocenters. The van der Waals surface area contributed by atoms with Crippen LogP contribution in [0, 0.1) is 11.3 Å². The normalized spacial score (nSPS) is 19.7. The molecule has 1 aliphatic heterocycles. The Morgan fingerprint density at radius 1 is 1.19 bits per heavy atom. The maximum atomic E-state index is 5.50. The van der Waals surface area contributed by atoms with Crippen LogP contribution in [0.15, 0.2) is 29.3 Å². The van der Waals surface area contributed by atoms with Crippen molar-refractivity contribution in [2.24, 2.45) is 16.3 Å². The minimum absolute atomic E-state index is 0.470. The molecule has 0 amide bonds. The Hall–Kier alpha value is -1.75. The summed E-state index contributed by atoms with van der Waals surface area (Å²) in [6.45, 7) is 10.0. The van der Waals surface area contributed by atoms with Gasteiger partial charge in [0.1, 0.15) is 0 Å². The number of hydrogen-bond acceptors (Lipinski definition) is 3. The van der Waals surface area contributed by atoms with E-state index in [4.69, 9.17) is 4.74 Å². The number of aliphatic imine (C=N–C) groups is 1. The average molecular weight is 373 g/mol. The first-order valence-corrected chi connectivity index (χ1v) is 10.5. The van der Waals surface area contributed by atoms with E-state index < -0.39 is 0 Å². The summed E-state index contributed by atoms with van der Waals surface area (Å²) in [6.07, 6.45) is 5.36. The molecule has 5 heteroatoms. The van der Waals surface area contributed by atoms with E-state index in [9.17, 15) is 0 Å². The van der Waals surface area contributed by atoms with Crippen molar-refractivity contribution in [2.45, 2.75) is 46.1 Å². The van der Waals surface area contributed by atoms with E-state index in [1.807, 2.05) is 7.05 Å². The Kier molecular flexibility index (Phi) is 7.00. The molecular formula is C22H36N4O. The van der Waals surface area contributed by atoms with Crippen LogP contribution < -0.4 is 15.5 Å². The van der Waals surface area contributed by atoms with Crippen LogP contribution in [-0.4, -0.2) is 45.9 Å². The van der Waals surface area contributed by atoms with Crippen LogP contribution in [-0.2, 0) is 11.3 Å². The SMILES string of the molecule is CN=C(NCc1ccccc1N1CCOCC1)NCC1(CC(C)C)CCC1. The zero-order valence-corrected chi connectivity index (χ0v) is 17.3. The number of rotatable bonds is 7. The summed E-state index contributed by atoms with van der Waals surface area (Å²) in [5.74, 6) is 1.66. The second kappa shape index (κ2) is 9.45. The molecule has 1 heterocycles. The van der Waals surface area contributed by atoms with Gasteiger partial charge in [-0.05, 0) is 42.2 Å². The summed E-state index contributed by atoms with van der Waals surface area (Å²) in [4.78, 5) is 6.87. The van der Waals surface area contributed by atoms with Gasteiger partial charge < -0.3 is 20.3 Å². The zero-order valence-electron chi connectivity index (χ0n) is 17.3. The van der Waals surface area contributed by atoms with Crippen molar-refractivity contribution in [3.05, 3.63) is 29.8 Å². The number of hydrogen-bond donors (Lipinski definition) is 2. The van der Waals surface area contributed by atoms with Gasteiger partial charge in [0, 0.05) is 38.9 Å². The summed E-state index contributed by atoms with van der Waals surface area (Å²) < 4.78 is 5.50. The second-order valence-electron chi connectivity index (χ2n) is 8.46. The van der Waals surface area contributed by atoms with Gasteiger partial charge in [0.25, 0.3) is 0 Å². The van der Waals surface area contributed by atoms with Gasteiger partial charge >= 0.3 is 0 Å². The van der Waals surface area contributed by atoms with E-state index in [2.05, 4.69) is 58.6 Å². The summed E-state index contributed by atoms with van der Waals surface area (Å²) in [7, 11) is 1.86. The molecule has 27 heavy (non-hydrogen) atoms. The lowest BCUT2D eigenvalue weighted by Crippen LogP contribution is -2.47. The number of benzene rings is 1. The Morgan fingerprint density at radius 3 is 2.56 bits per heavy atom. The summed E-state index contributed by atoms with van der Waals surface area (Å²) in [6, 6.07) is 8.65. The van der Waals surface area contributed by atoms with Gasteiger partial charge in [-0.2, -0.15) is 0 Å². The van der Waals surface area contributed by atoms with Crippen molar-refractivity contribution in [1.82, 2.24) is 10.6 Å². The molecule has 1 aromatic rings. The van der Waals surface area contributed by atoms with Gasteiger partial charge in [-0.15, -0.1) is 0 Å². The van der Waals surface area contributed by atoms with Gasteiger partial charge in [-0.3, -0.25) is 4.99 Å². The lowest BCUT2D eigenvalue weighted by atomic mass is 9.64. The molecule has 2 aliphatic rings. The highest BCUT2D eigenvalue weighted by atomic mass is 16.5. The molecule has 0 spiro atoms. The molecule has 1 aromatic carbocycles. The molecule has 150 valence electrons. The minimum Gasteiger partial charge on any atom is -0.378 e. The maximum absolute atomic E-state index is 5.50. The molecular weight excluding hydrogens is 336 g/mol. The third-order valence-electron chi connectivity index (χ3n) is 5.90. The predicted molar refractivity (Wildman–Crippen MR) is 113 cm³/mol. The molecule has 0 bridgehead atoms. The van der Waals surface area contributed by atoms with Crippen molar-refractivity contribution in [3.63, 3.8) is 0 Å². The van der Waals surface area contributed by atoms with Gasteiger partial charge in [-0.25, -0.2) is 0 Å². The van der Waals surface area contributed by atoms with Crippen LogP contribution in [0.3, 0.4) is 0 Å². The largest absolute Gasteiger partial charge is 0.378 e. The van der Waals surface area contributed by atoms with E-state index in [-0.39, 0.29) is 0 Å². The lowest BCUT2D eigenvalue weighted by molar-refractivity contribution is 0.104. The number of ether oxygens (including phenoxy) is 1. The molecule has 3 rings (SSSR count). The van der Waals surface area contributed by atoms with Crippen molar-refractivity contribution in [1.29, 1.82) is 0 Å². The van der Waals surface area contributed by atoms with Crippen LogP contribution in [0.2, 0.25) is 0 Å². The molecule has 2 N–H and O–H groups in total. The molecule has 1 saturated carbocycles. The van der Waals surface area contributed by atoms with Crippen molar-refractivity contribution < 1.29 is 4.74 Å². The van der Waals surface area contributed by atoms with Crippen LogP contribution in [0.5, 0.6) is 0 Å². The van der Waals surface area contributed by atoms with E-state index in [0.29, 0.717) is 5.41 Å². The van der Waals surface area contributed by atoms with Crippen molar-refractivity contribution in [2.75, 3.05) is 44.8 Å². The van der Waals surface area contributed by atoms with Crippen molar-refractivity contribution >= 4 is 11.6 Å². The molecule has 1 aliphatic carbocycles. The van der Waals surface area contributed by atoms with E-state index in [0.717, 1.165) is 51.3 Å². The fraction of sp³-hybridized carbons (Fsp3) is 0.682. The van der Waals surface area contributed by atoms with E-state index in [1.54, 1.807) is 0 Å². The van der Waals surface area contributed by atoms with Gasteiger partial charge in [0.15, 0.2) is 5.96 Å². The quantitative estimate of drug-likeness (QED) is 0.569. The minimum atomic E-state index is 0.470. The predicted octanol–water partition coefficient (Wildman–Crippen LogP) is 3.40. The van der Waals surface area contributed by atoms with Crippen LogP contribution in [0.1, 0.15) is 45.1 Å². The van der Waals surface area contributed by atoms with Gasteiger partial charge in [0.2, 0.25) is 0 Å². The number of nitrogens with one attached hydrogen (secondary N) is 2. The highest BCUT2D eigenvalue weighted by molar-refractivity contribution is 5.79. The lowest BCUT2D eigenvalue weighted by Gasteiger charge is -2.43. The van der Waals surface area contributed by atoms with Crippen LogP contribution in [0.4, 0.5) is 5.69 Å². The first-order valence-electron chi connectivity index (χ1n) is 10.5. The Morgan fingerprint density at radius 2 is 1.93 bits per heavy atom. The first-order chi connectivity index (χ1) is 13.1. The van der Waals surface area contributed by atoms with Crippen LogP contribution >= 0.6 is 0 Å². The Labute approximate surface area is 164 Å². The third-order valence-corrected chi connectivity index (χ3v) is 5.90. The smallest absolute Gasteiger partial charge is 0.191 e. The van der Waals surface area contributed by atoms with E-state index >= 15 is 0 Å². The van der Waals surface area contributed by atoms with Crippen LogP contribution in [0.25, 0.3) is 0 Å². The molecule has 0 aromatic heterocycles. The fourth-order valence-electron chi connectivity index (χ4n) is 4.44. The number of anilines is 1. The van der Waals surface area contributed by atoms with Crippen molar-refractivity contribution in [3.8, 4) is 0 Å². The summed E-state index contributed by atoms with van der Waals surface area (Å²) in [5, 5.41) is 7.11. The number of guanidine groups is 1. The third kappa shape index (κ3) is 5.38. The number of morpholine rings is 1. The molecule has 5 nitrogen and oxygen atoms in total. The molecule has 2 fully saturated rings. The van der Waals surface area contributed by atoms with Gasteiger partial charge in [0.05, 0.1) is 13.2 Å². The standard InChI is InChI=1S/C22H36N4O/c1-18(2)15-22(9-6-10-22)17-25-21(23-3)24-16-19-7-4-5-8-20(19)26-11-13-27-14-12-26/h4-5,7-8,18H,6,9-17H2,1-3H3,(H2,23,24,25). The summed E-state index contributed by atoms with van der Waals surface area (Å²) >= 11 is 0. The Bertz CT molecular complexity index is 618. The second-order valence-corrected chi connectivity index (χ2v) is 8.46.